The van der Waals surface area contributed by atoms with Crippen LogP contribution in [-0.2, 0) is 26.8 Å². The van der Waals surface area contributed by atoms with Gasteiger partial charge in [-0.2, -0.15) is 0 Å². The Morgan fingerprint density at radius 2 is 2.14 bits per heavy atom. The summed E-state index contributed by atoms with van der Waals surface area (Å²) in [6, 6.07) is 5.67. The summed E-state index contributed by atoms with van der Waals surface area (Å²) in [6.07, 6.45) is 2.44. The van der Waals surface area contributed by atoms with Crippen molar-refractivity contribution in [1.82, 2.24) is 0 Å². The third-order valence-electron chi connectivity index (χ3n) is 3.22. The van der Waals surface area contributed by atoms with Crippen molar-refractivity contribution >= 4 is 50.3 Å². The Bertz CT molecular complexity index is 705. The molecular weight excluding hydrogens is 415 g/mol. The second-order valence-corrected chi connectivity index (χ2v) is 8.09. The molecular formula is C16H19IO4S. The topological polar surface area (TPSA) is 56.5 Å². The van der Waals surface area contributed by atoms with E-state index < -0.39 is 10.8 Å². The van der Waals surface area contributed by atoms with Gasteiger partial charge in [-0.05, 0) is 53.1 Å². The molecule has 0 saturated carbocycles. The van der Waals surface area contributed by atoms with Gasteiger partial charge in [0.2, 0.25) is 0 Å². The highest BCUT2D eigenvalue weighted by Crippen LogP contribution is 2.30. The number of hydrogen-bond acceptors (Lipinski definition) is 4. The zero-order valence-corrected chi connectivity index (χ0v) is 15.8. The van der Waals surface area contributed by atoms with E-state index in [-0.39, 0.29) is 12.4 Å². The predicted molar refractivity (Wildman–Crippen MR) is 95.4 cm³/mol. The van der Waals surface area contributed by atoms with Crippen LogP contribution < -0.4 is 0 Å². The molecule has 4 nitrogen and oxygen atoms in total. The van der Waals surface area contributed by atoms with E-state index in [0.717, 1.165) is 15.4 Å². The number of furan rings is 1. The van der Waals surface area contributed by atoms with Gasteiger partial charge >= 0.3 is 5.97 Å². The molecule has 1 atom stereocenters. The maximum atomic E-state index is 12.0. The monoisotopic (exact) mass is 434 g/mol. The Hall–Kier alpha value is -0.890. The van der Waals surface area contributed by atoms with Gasteiger partial charge in [0.05, 0.1) is 22.3 Å². The van der Waals surface area contributed by atoms with Gasteiger partial charge in [0, 0.05) is 15.2 Å². The van der Waals surface area contributed by atoms with Gasteiger partial charge in [0.25, 0.3) is 0 Å². The van der Waals surface area contributed by atoms with Gasteiger partial charge in [-0.1, -0.05) is 13.8 Å². The number of rotatable bonds is 6. The molecule has 1 aromatic heterocycles. The van der Waals surface area contributed by atoms with Crippen molar-refractivity contribution in [2.45, 2.75) is 31.6 Å². The van der Waals surface area contributed by atoms with E-state index in [2.05, 4.69) is 36.4 Å². The average Bonchev–Trinajstić information content (AvgIpc) is 2.75. The first-order valence-corrected chi connectivity index (χ1v) is 9.72. The number of benzene rings is 1. The zero-order chi connectivity index (χ0) is 16.3. The van der Waals surface area contributed by atoms with Gasteiger partial charge < -0.3 is 9.15 Å². The third-order valence-corrected chi connectivity index (χ3v) is 4.92. The molecule has 1 unspecified atom stereocenters. The lowest BCUT2D eigenvalue weighted by atomic mass is 10.1. The number of ether oxygens (including phenoxy) is 1. The SMILES string of the molecule is CC(C)CCOC(=O)Cc1oc2ccc(I)cc2c1S(C)=O. The summed E-state index contributed by atoms with van der Waals surface area (Å²) in [5.74, 6) is 0.577. The minimum atomic E-state index is -1.23. The molecule has 0 fully saturated rings. The largest absolute Gasteiger partial charge is 0.465 e. The third kappa shape index (κ3) is 4.32. The van der Waals surface area contributed by atoms with Crippen LogP contribution in [0.5, 0.6) is 0 Å². The number of carbonyl (C=O) groups is 1. The average molecular weight is 434 g/mol. The molecule has 2 rings (SSSR count). The summed E-state index contributed by atoms with van der Waals surface area (Å²) in [5, 5.41) is 0.803. The highest BCUT2D eigenvalue weighted by Gasteiger charge is 2.20. The van der Waals surface area contributed by atoms with Crippen molar-refractivity contribution in [2.75, 3.05) is 12.9 Å². The lowest BCUT2D eigenvalue weighted by Gasteiger charge is -2.06. The molecule has 1 aromatic carbocycles. The minimum absolute atomic E-state index is 0.0122. The first-order chi connectivity index (χ1) is 10.4. The number of esters is 1. The molecule has 2 aromatic rings. The van der Waals surface area contributed by atoms with Crippen LogP contribution in [0.3, 0.4) is 0 Å². The molecule has 6 heteroatoms. The summed E-state index contributed by atoms with van der Waals surface area (Å²) in [4.78, 5) is 12.5. The zero-order valence-electron chi connectivity index (χ0n) is 12.8. The van der Waals surface area contributed by atoms with E-state index in [4.69, 9.17) is 9.15 Å². The van der Waals surface area contributed by atoms with Crippen LogP contribution in [-0.4, -0.2) is 23.0 Å². The van der Waals surface area contributed by atoms with Crippen LogP contribution in [0.25, 0.3) is 11.0 Å². The lowest BCUT2D eigenvalue weighted by molar-refractivity contribution is -0.143. The van der Waals surface area contributed by atoms with Crippen molar-refractivity contribution in [3.63, 3.8) is 0 Å². The Labute approximate surface area is 146 Å². The normalized spacial score (nSPS) is 12.8. The maximum Gasteiger partial charge on any atom is 0.313 e. The second kappa shape index (κ2) is 7.59. The highest BCUT2D eigenvalue weighted by molar-refractivity contribution is 14.1. The summed E-state index contributed by atoms with van der Waals surface area (Å²) in [7, 11) is -1.23. The van der Waals surface area contributed by atoms with E-state index in [1.807, 2.05) is 18.2 Å². The predicted octanol–water partition coefficient (Wildman–Crippen LogP) is 3.91. The molecule has 22 heavy (non-hydrogen) atoms. The molecule has 0 aliphatic carbocycles. The van der Waals surface area contributed by atoms with Crippen LogP contribution in [0.1, 0.15) is 26.0 Å². The quantitative estimate of drug-likeness (QED) is 0.511. The van der Waals surface area contributed by atoms with Crippen molar-refractivity contribution in [2.24, 2.45) is 5.92 Å². The smallest absolute Gasteiger partial charge is 0.313 e. The van der Waals surface area contributed by atoms with Crippen LogP contribution in [0, 0.1) is 9.49 Å². The molecule has 0 N–H and O–H groups in total. The summed E-state index contributed by atoms with van der Waals surface area (Å²) in [6.45, 7) is 4.55. The number of fused-ring (bicyclic) bond motifs is 1. The van der Waals surface area contributed by atoms with Crippen LogP contribution in [0.2, 0.25) is 0 Å². The maximum absolute atomic E-state index is 12.0. The van der Waals surface area contributed by atoms with Gasteiger partial charge in [-0.25, -0.2) is 0 Å². The van der Waals surface area contributed by atoms with Crippen molar-refractivity contribution in [3.8, 4) is 0 Å². The van der Waals surface area contributed by atoms with Gasteiger partial charge in [0.1, 0.15) is 17.8 Å². The van der Waals surface area contributed by atoms with Crippen molar-refractivity contribution in [1.29, 1.82) is 0 Å². The van der Waals surface area contributed by atoms with Crippen LogP contribution in [0.15, 0.2) is 27.5 Å². The van der Waals surface area contributed by atoms with E-state index >= 15 is 0 Å². The van der Waals surface area contributed by atoms with Gasteiger partial charge in [-0.15, -0.1) is 0 Å². The van der Waals surface area contributed by atoms with Crippen molar-refractivity contribution in [3.05, 3.63) is 27.5 Å². The van der Waals surface area contributed by atoms with E-state index in [9.17, 15) is 9.00 Å². The molecule has 0 aliphatic heterocycles. The first-order valence-electron chi connectivity index (χ1n) is 7.08. The van der Waals surface area contributed by atoms with E-state index in [1.165, 1.54) is 0 Å². The highest BCUT2D eigenvalue weighted by atomic mass is 127. The summed E-state index contributed by atoms with van der Waals surface area (Å²) in [5.41, 5.74) is 0.649. The molecule has 0 bridgehead atoms. The standard InChI is InChI=1S/C16H19IO4S/c1-10(2)6-7-20-15(18)9-14-16(22(3)19)12-8-11(17)4-5-13(12)21-14/h4-5,8,10H,6-7,9H2,1-3H3. The van der Waals surface area contributed by atoms with Crippen LogP contribution >= 0.6 is 22.6 Å². The molecule has 1 heterocycles. The first kappa shape index (κ1) is 17.5. The number of hydrogen-bond donors (Lipinski definition) is 0. The number of carbonyl (C=O) groups excluding carboxylic acids is 1. The molecule has 120 valence electrons. The second-order valence-electron chi connectivity index (χ2n) is 5.53. The fraction of sp³-hybridized carbons (Fsp3) is 0.438. The Morgan fingerprint density at radius 3 is 2.77 bits per heavy atom. The molecule has 0 amide bonds. The fourth-order valence-electron chi connectivity index (χ4n) is 2.12. The van der Waals surface area contributed by atoms with E-state index in [0.29, 0.717) is 28.8 Å². The fourth-order valence-corrected chi connectivity index (χ4v) is 3.51. The number of halogens is 1. The molecule has 0 aliphatic rings. The molecule has 0 saturated heterocycles. The Balaban J connectivity index is 2.22. The Kier molecular flexibility index (Phi) is 6.02. The van der Waals surface area contributed by atoms with Crippen LogP contribution in [0.4, 0.5) is 0 Å². The lowest BCUT2D eigenvalue weighted by Crippen LogP contribution is -2.11. The molecule has 0 spiro atoms. The Morgan fingerprint density at radius 1 is 1.41 bits per heavy atom. The van der Waals surface area contributed by atoms with Crippen molar-refractivity contribution < 1.29 is 18.2 Å². The molecule has 0 radical (unpaired) electrons. The minimum Gasteiger partial charge on any atom is -0.465 e. The van der Waals surface area contributed by atoms with Gasteiger partial charge in [-0.3, -0.25) is 9.00 Å². The summed E-state index contributed by atoms with van der Waals surface area (Å²) >= 11 is 2.19. The van der Waals surface area contributed by atoms with E-state index in [1.54, 1.807) is 6.26 Å². The summed E-state index contributed by atoms with van der Waals surface area (Å²) < 4.78 is 24.0. The van der Waals surface area contributed by atoms with Gasteiger partial charge in [0.15, 0.2) is 0 Å².